The van der Waals surface area contributed by atoms with Crippen LogP contribution < -0.4 is 9.47 Å². The molecule has 3 aromatic rings. The zero-order valence-corrected chi connectivity index (χ0v) is 19.3. The van der Waals surface area contributed by atoms with E-state index >= 15 is 0 Å². The van der Waals surface area contributed by atoms with Crippen molar-refractivity contribution in [1.82, 2.24) is 0 Å². The second-order valence-corrected chi connectivity index (χ2v) is 10.6. The van der Waals surface area contributed by atoms with E-state index in [1.165, 1.54) is 18.0 Å². The van der Waals surface area contributed by atoms with Gasteiger partial charge in [-0.2, -0.15) is 0 Å². The second-order valence-electron chi connectivity index (χ2n) is 6.90. The number of carbonyl (C=O) groups is 1. The Morgan fingerprint density at radius 3 is 2.47 bits per heavy atom. The van der Waals surface area contributed by atoms with Gasteiger partial charge in [0.05, 0.1) is 14.2 Å². The fraction of sp³-hybridized carbons (Fsp3) is 0.227. The molecule has 2 aromatic carbocycles. The number of Topliss-reactive ketones (excluding diaryl/α,β-unsaturated/α-hetero) is 1. The van der Waals surface area contributed by atoms with Crippen LogP contribution >= 0.6 is 30.3 Å². The molecule has 158 valence electrons. The Labute approximate surface area is 184 Å². The number of ketones is 1. The zero-order chi connectivity index (χ0) is 21.9. The monoisotopic (exact) mass is 464 g/mol. The molecule has 1 N–H and O–H groups in total. The van der Waals surface area contributed by atoms with Gasteiger partial charge >= 0.3 is 0 Å². The molecule has 0 radical (unpaired) electrons. The predicted molar refractivity (Wildman–Crippen MR) is 124 cm³/mol. The van der Waals surface area contributed by atoms with Crippen LogP contribution in [0.5, 0.6) is 11.5 Å². The Hall–Kier alpha value is -2.11. The van der Waals surface area contributed by atoms with Crippen LogP contribution in [0.15, 0.2) is 47.9 Å². The van der Waals surface area contributed by atoms with Crippen LogP contribution in [0.2, 0.25) is 5.02 Å². The van der Waals surface area contributed by atoms with E-state index in [0.29, 0.717) is 22.1 Å². The first-order chi connectivity index (χ1) is 14.2. The summed E-state index contributed by atoms with van der Waals surface area (Å²) < 4.78 is 24.0. The molecule has 2 atom stereocenters. The number of benzene rings is 2. The van der Waals surface area contributed by atoms with E-state index in [1.54, 1.807) is 50.0 Å². The van der Waals surface area contributed by atoms with Gasteiger partial charge < -0.3 is 14.4 Å². The summed E-state index contributed by atoms with van der Waals surface area (Å²) in [4.78, 5) is 23.3. The molecule has 0 aliphatic carbocycles. The maximum atomic E-state index is 13.0. The van der Waals surface area contributed by atoms with Gasteiger partial charge in [-0.05, 0) is 52.2 Å². The fourth-order valence-corrected chi connectivity index (χ4v) is 5.89. The molecule has 0 spiro atoms. The molecule has 0 aliphatic rings. The lowest BCUT2D eigenvalue weighted by Gasteiger charge is -2.18. The van der Waals surface area contributed by atoms with Crippen LogP contribution in [-0.4, -0.2) is 31.6 Å². The van der Waals surface area contributed by atoms with Gasteiger partial charge in [0.2, 0.25) is 7.37 Å². The molecule has 1 heterocycles. The number of ether oxygens (including phenoxy) is 2. The van der Waals surface area contributed by atoms with E-state index in [2.05, 4.69) is 0 Å². The number of halogens is 1. The number of methoxy groups -OCH3 is 2. The van der Waals surface area contributed by atoms with Crippen molar-refractivity contribution in [3.05, 3.63) is 64.0 Å². The highest BCUT2D eigenvalue weighted by Gasteiger charge is 2.35. The molecule has 0 aliphatic heterocycles. The minimum Gasteiger partial charge on any atom is -0.497 e. The molecule has 0 saturated carbocycles. The number of hydrogen-bond acceptors (Lipinski definition) is 5. The molecular formula is C22H22ClO5PS. The lowest BCUT2D eigenvalue weighted by atomic mass is 10.0. The molecule has 30 heavy (non-hydrogen) atoms. The van der Waals surface area contributed by atoms with Gasteiger partial charge in [-0.1, -0.05) is 23.8 Å². The van der Waals surface area contributed by atoms with Crippen LogP contribution in [0.25, 0.3) is 16.2 Å². The number of hydrogen-bond donors (Lipinski definition) is 1. The van der Waals surface area contributed by atoms with Crippen molar-refractivity contribution < 1.29 is 23.7 Å². The number of carbonyl (C=O) groups excluding carboxylic acids is 1. The molecule has 3 rings (SSSR count). The molecule has 8 heteroatoms. The maximum Gasteiger partial charge on any atom is 0.212 e. The summed E-state index contributed by atoms with van der Waals surface area (Å²) in [5.41, 5.74) is 0.244. The standard InChI is InChI=1S/C22H22ClO5PS/c1-27-16-9-14(10-17(12-16)28-2)5-4-6-20(24)22(29(3,25)26)19-13-30-21-8-7-15(23)11-18(19)21/h4-5,7-13,22H,6H2,1-3H3,(H,25,26)/b5-4+. The van der Waals surface area contributed by atoms with Crippen molar-refractivity contribution in [2.75, 3.05) is 20.9 Å². The third-order valence-corrected chi connectivity index (χ3v) is 7.39. The van der Waals surface area contributed by atoms with Gasteiger partial charge in [-0.25, -0.2) is 0 Å². The first-order valence-electron chi connectivity index (χ1n) is 9.12. The van der Waals surface area contributed by atoms with Crippen LogP contribution in [0.1, 0.15) is 23.2 Å². The van der Waals surface area contributed by atoms with E-state index in [0.717, 1.165) is 15.6 Å². The molecule has 0 fully saturated rings. The van der Waals surface area contributed by atoms with E-state index in [-0.39, 0.29) is 12.2 Å². The highest BCUT2D eigenvalue weighted by atomic mass is 35.5. The summed E-state index contributed by atoms with van der Waals surface area (Å²) in [7, 11) is -0.611. The Morgan fingerprint density at radius 2 is 1.87 bits per heavy atom. The van der Waals surface area contributed by atoms with Gasteiger partial charge in [0, 0.05) is 28.9 Å². The highest BCUT2D eigenvalue weighted by molar-refractivity contribution is 7.58. The maximum absolute atomic E-state index is 13.0. The van der Waals surface area contributed by atoms with E-state index < -0.39 is 13.0 Å². The van der Waals surface area contributed by atoms with Gasteiger partial charge in [0.15, 0.2) is 5.78 Å². The number of rotatable bonds is 8. The lowest BCUT2D eigenvalue weighted by molar-refractivity contribution is -0.118. The smallest absolute Gasteiger partial charge is 0.212 e. The molecule has 1 aromatic heterocycles. The first kappa shape index (κ1) is 22.6. The summed E-state index contributed by atoms with van der Waals surface area (Å²) >= 11 is 7.53. The van der Waals surface area contributed by atoms with Gasteiger partial charge in [-0.15, -0.1) is 11.3 Å². The van der Waals surface area contributed by atoms with E-state index in [9.17, 15) is 14.3 Å². The summed E-state index contributed by atoms with van der Waals surface area (Å²) in [6.07, 6.45) is 3.46. The Kier molecular flexibility index (Phi) is 7.04. The normalized spacial score (nSPS) is 14.6. The molecule has 0 amide bonds. The van der Waals surface area contributed by atoms with Crippen molar-refractivity contribution >= 4 is 52.3 Å². The Morgan fingerprint density at radius 1 is 1.20 bits per heavy atom. The third kappa shape index (κ3) is 5.13. The van der Waals surface area contributed by atoms with Gasteiger partial charge in [-0.3, -0.25) is 9.36 Å². The summed E-state index contributed by atoms with van der Waals surface area (Å²) in [5, 5.41) is 3.03. The van der Waals surface area contributed by atoms with E-state index in [1.807, 2.05) is 18.2 Å². The summed E-state index contributed by atoms with van der Waals surface area (Å²) in [6.45, 7) is 1.22. The van der Waals surface area contributed by atoms with Crippen LogP contribution in [-0.2, 0) is 9.36 Å². The van der Waals surface area contributed by atoms with Crippen LogP contribution in [0.3, 0.4) is 0 Å². The zero-order valence-electron chi connectivity index (χ0n) is 16.8. The van der Waals surface area contributed by atoms with Crippen LogP contribution in [0.4, 0.5) is 0 Å². The number of allylic oxidation sites excluding steroid dienone is 1. The summed E-state index contributed by atoms with van der Waals surface area (Å²) in [6, 6.07) is 10.7. The topological polar surface area (TPSA) is 72.8 Å². The molecule has 0 saturated heterocycles. The largest absolute Gasteiger partial charge is 0.497 e. The van der Waals surface area contributed by atoms with Crippen molar-refractivity contribution in [1.29, 1.82) is 0 Å². The summed E-state index contributed by atoms with van der Waals surface area (Å²) in [5.74, 6) is 0.940. The van der Waals surface area contributed by atoms with Crippen molar-refractivity contribution in [3.63, 3.8) is 0 Å². The highest BCUT2D eigenvalue weighted by Crippen LogP contribution is 2.55. The SMILES string of the molecule is COc1cc(/C=C/CC(=O)C(c2csc3ccc(Cl)cc23)P(C)(=O)O)cc(OC)c1. The van der Waals surface area contributed by atoms with Crippen molar-refractivity contribution in [2.45, 2.75) is 12.1 Å². The van der Waals surface area contributed by atoms with Crippen molar-refractivity contribution in [3.8, 4) is 11.5 Å². The predicted octanol–water partition coefficient (Wildman–Crippen LogP) is 6.19. The molecule has 0 bridgehead atoms. The number of fused-ring (bicyclic) bond motifs is 1. The Bertz CT molecular complexity index is 1130. The van der Waals surface area contributed by atoms with Gasteiger partial charge in [0.1, 0.15) is 17.2 Å². The lowest BCUT2D eigenvalue weighted by Crippen LogP contribution is -2.11. The van der Waals surface area contributed by atoms with Crippen LogP contribution in [0, 0.1) is 0 Å². The molecule has 2 unspecified atom stereocenters. The fourth-order valence-electron chi connectivity index (χ4n) is 3.28. The minimum atomic E-state index is -3.74. The second kappa shape index (κ2) is 9.36. The third-order valence-electron chi connectivity index (χ3n) is 4.65. The average molecular weight is 465 g/mol. The quantitative estimate of drug-likeness (QED) is 0.402. The van der Waals surface area contributed by atoms with Gasteiger partial charge in [0.25, 0.3) is 0 Å². The molecule has 5 nitrogen and oxygen atoms in total. The Balaban J connectivity index is 1.88. The van der Waals surface area contributed by atoms with E-state index in [4.69, 9.17) is 21.1 Å². The number of thiophene rings is 1. The first-order valence-corrected chi connectivity index (χ1v) is 12.5. The minimum absolute atomic E-state index is 0.0144. The molecular weight excluding hydrogens is 443 g/mol. The van der Waals surface area contributed by atoms with Crippen molar-refractivity contribution in [2.24, 2.45) is 0 Å². The average Bonchev–Trinajstić information content (AvgIpc) is 3.09.